The fraction of sp³-hybridized carbons (Fsp3) is 0.516. The number of alkyl halides is 4. The molecular formula is C31H35ClF5N7O2. The smallest absolute Gasteiger partial charge is 0.467 e. The average molecular weight is 668 g/mol. The molecular weight excluding hydrogens is 633 g/mol. The third kappa shape index (κ3) is 6.26. The molecule has 0 saturated carbocycles. The lowest BCUT2D eigenvalue weighted by Crippen LogP contribution is -2.51. The number of hydrogen-bond acceptors (Lipinski definition) is 9. The summed E-state index contributed by atoms with van der Waals surface area (Å²) in [6.07, 6.45) is 5.47. The highest BCUT2D eigenvalue weighted by atomic mass is 35.5. The van der Waals surface area contributed by atoms with Crippen LogP contribution in [-0.2, 0) is 0 Å². The molecule has 0 amide bonds. The number of aromatic nitrogens is 2. The molecule has 3 aromatic rings. The van der Waals surface area contributed by atoms with Crippen LogP contribution in [0.25, 0.3) is 22.0 Å². The molecule has 2 bridgehead atoms. The molecule has 0 radical (unpaired) electrons. The van der Waals surface area contributed by atoms with E-state index in [4.69, 9.17) is 27.5 Å². The number of aryl methyl sites for hydroxylation is 1. The number of fused-ring (bicyclic) bond motifs is 4. The number of nitrogens with two attached hydrogens (primary N) is 1. The van der Waals surface area contributed by atoms with Gasteiger partial charge in [-0.3, -0.25) is 4.90 Å². The van der Waals surface area contributed by atoms with E-state index in [1.54, 1.807) is 0 Å². The molecule has 1 aromatic heterocycles. The Morgan fingerprint density at radius 3 is 2.46 bits per heavy atom. The van der Waals surface area contributed by atoms with E-state index >= 15 is 8.78 Å². The van der Waals surface area contributed by atoms with Gasteiger partial charge in [-0.05, 0) is 63.3 Å². The molecule has 46 heavy (non-hydrogen) atoms. The lowest BCUT2D eigenvalue weighted by molar-refractivity contribution is -0.0965. The normalized spacial score (nSPS) is 24.1. The van der Waals surface area contributed by atoms with Gasteiger partial charge in [0.25, 0.3) is 0 Å². The first kappa shape index (κ1) is 32.5. The lowest BCUT2D eigenvalue weighted by atomic mass is 9.93. The van der Waals surface area contributed by atoms with Gasteiger partial charge in [-0.1, -0.05) is 0 Å². The number of nitrogen functional groups attached to an aromatic ring is 1. The molecule has 4 atom stereocenters. The standard InChI is InChI=1S/C24H23ClF4N6O2.C7H12FN/c1-10-5-16(31)14(7-30)17(21(10)37-24(25,28)29)18-15(26)6-13-20(19(18)27)33-23(36-2)34-22(13)35-8-11-3-4-12(9-35)32-11;8-6-4-7-2-1-3-9(7)5-6/h5-7,11-12,30,32H,3-4,8-9,31H2,1-2H3;6-7H,1-5H2. The molecule has 0 spiro atoms. The summed E-state index contributed by atoms with van der Waals surface area (Å²) in [6.45, 7) is 4.37. The Balaban J connectivity index is 0.000000352. The Hall–Kier alpha value is -3.49. The molecule has 4 N–H and O–H groups in total. The van der Waals surface area contributed by atoms with Crippen LogP contribution in [-0.4, -0.2) is 84.2 Å². The number of nitrogens with zero attached hydrogens (tertiary/aromatic N) is 4. The maximum atomic E-state index is 16.2. The van der Waals surface area contributed by atoms with Gasteiger partial charge in [-0.25, -0.2) is 13.2 Å². The van der Waals surface area contributed by atoms with Crippen molar-refractivity contribution >= 4 is 40.2 Å². The van der Waals surface area contributed by atoms with Gasteiger partial charge in [0.05, 0.1) is 12.7 Å². The number of ether oxygens (including phenoxy) is 2. The minimum absolute atomic E-state index is 0.0366. The van der Waals surface area contributed by atoms with Crippen LogP contribution in [0, 0.1) is 24.0 Å². The predicted molar refractivity (Wildman–Crippen MR) is 166 cm³/mol. The Morgan fingerprint density at radius 2 is 1.83 bits per heavy atom. The van der Waals surface area contributed by atoms with Gasteiger partial charge in [-0.15, -0.1) is 8.78 Å². The van der Waals surface area contributed by atoms with Gasteiger partial charge < -0.3 is 30.8 Å². The van der Waals surface area contributed by atoms with Crippen molar-refractivity contribution in [2.45, 2.75) is 68.9 Å². The highest BCUT2D eigenvalue weighted by Gasteiger charge is 2.37. The second kappa shape index (κ2) is 12.6. The van der Waals surface area contributed by atoms with Crippen LogP contribution in [0.4, 0.5) is 33.5 Å². The minimum atomic E-state index is -4.20. The molecule has 4 saturated heterocycles. The van der Waals surface area contributed by atoms with E-state index in [0.717, 1.165) is 31.9 Å². The minimum Gasteiger partial charge on any atom is -0.467 e. The summed E-state index contributed by atoms with van der Waals surface area (Å²) in [7, 11) is 1.32. The van der Waals surface area contributed by atoms with Crippen molar-refractivity contribution in [3.63, 3.8) is 0 Å². The van der Waals surface area contributed by atoms with Crippen LogP contribution in [0.5, 0.6) is 11.8 Å². The van der Waals surface area contributed by atoms with Gasteiger partial charge in [0.15, 0.2) is 5.82 Å². The quantitative estimate of drug-likeness (QED) is 0.131. The fourth-order valence-electron chi connectivity index (χ4n) is 7.21. The maximum absolute atomic E-state index is 16.2. The van der Waals surface area contributed by atoms with Crippen molar-refractivity contribution in [1.82, 2.24) is 20.2 Å². The molecule has 4 aliphatic heterocycles. The van der Waals surface area contributed by atoms with Crippen molar-refractivity contribution in [3.8, 4) is 22.9 Å². The van der Waals surface area contributed by atoms with Gasteiger partial charge in [0, 0.05) is 77.8 Å². The summed E-state index contributed by atoms with van der Waals surface area (Å²) in [6, 6.07) is 3.18. The van der Waals surface area contributed by atoms with E-state index in [2.05, 4.69) is 24.9 Å². The van der Waals surface area contributed by atoms with Gasteiger partial charge in [-0.2, -0.15) is 9.97 Å². The first-order chi connectivity index (χ1) is 21.9. The molecule has 4 aliphatic rings. The van der Waals surface area contributed by atoms with E-state index in [0.29, 0.717) is 37.7 Å². The number of halogens is 6. The summed E-state index contributed by atoms with van der Waals surface area (Å²) in [5, 5.41) is 11.3. The number of anilines is 2. The lowest BCUT2D eigenvalue weighted by Gasteiger charge is -2.34. The Bertz CT molecular complexity index is 1630. The van der Waals surface area contributed by atoms with Crippen LogP contribution in [0.3, 0.4) is 0 Å². The molecule has 15 heteroatoms. The van der Waals surface area contributed by atoms with E-state index < -0.39 is 40.3 Å². The van der Waals surface area contributed by atoms with Crippen molar-refractivity contribution < 1.29 is 31.4 Å². The highest BCUT2D eigenvalue weighted by molar-refractivity contribution is 6.21. The summed E-state index contributed by atoms with van der Waals surface area (Å²) in [5.41, 5.74) is 0.0195. The maximum Gasteiger partial charge on any atom is 0.487 e. The number of piperazine rings is 1. The Labute approximate surface area is 267 Å². The first-order valence-corrected chi connectivity index (χ1v) is 15.6. The monoisotopic (exact) mass is 667 g/mol. The van der Waals surface area contributed by atoms with Crippen LogP contribution < -0.4 is 25.4 Å². The van der Waals surface area contributed by atoms with Crippen molar-refractivity contribution in [3.05, 3.63) is 34.9 Å². The summed E-state index contributed by atoms with van der Waals surface area (Å²) in [4.78, 5) is 12.7. The number of hydrogen-bond donors (Lipinski definition) is 3. The van der Waals surface area contributed by atoms with Crippen LogP contribution >= 0.6 is 11.6 Å². The van der Waals surface area contributed by atoms with E-state index in [9.17, 15) is 13.2 Å². The zero-order valence-electron chi connectivity index (χ0n) is 25.4. The zero-order chi connectivity index (χ0) is 32.9. The second-order valence-electron chi connectivity index (χ2n) is 12.2. The van der Waals surface area contributed by atoms with Crippen LogP contribution in [0.15, 0.2) is 12.1 Å². The second-order valence-corrected chi connectivity index (χ2v) is 12.7. The number of methoxy groups -OCH3 is 1. The van der Waals surface area contributed by atoms with E-state index in [1.165, 1.54) is 32.9 Å². The summed E-state index contributed by atoms with van der Waals surface area (Å²) >= 11 is 5.00. The Morgan fingerprint density at radius 1 is 1.11 bits per heavy atom. The van der Waals surface area contributed by atoms with Crippen LogP contribution in [0.2, 0.25) is 0 Å². The molecule has 0 aliphatic carbocycles. The van der Waals surface area contributed by atoms with E-state index in [1.807, 2.05) is 4.90 Å². The summed E-state index contributed by atoms with van der Waals surface area (Å²) < 4.78 is 81.9. The predicted octanol–water partition coefficient (Wildman–Crippen LogP) is 5.77. The van der Waals surface area contributed by atoms with Crippen LogP contribution in [0.1, 0.15) is 43.2 Å². The number of nitrogens with one attached hydrogen (secondary N) is 2. The van der Waals surface area contributed by atoms with Crippen molar-refractivity contribution in [2.24, 2.45) is 0 Å². The molecule has 248 valence electrons. The highest BCUT2D eigenvalue weighted by Crippen LogP contribution is 2.45. The molecule has 4 unspecified atom stereocenters. The molecule has 2 aromatic carbocycles. The third-order valence-electron chi connectivity index (χ3n) is 9.15. The largest absolute Gasteiger partial charge is 0.487 e. The average Bonchev–Trinajstić information content (AvgIpc) is 3.68. The SMILES string of the molecule is COc1nc(N2CC3CCC(C2)N3)c2cc(F)c(-c3c(C=N)c(N)cc(C)c3OC(F)(F)Cl)c(F)c2n1.FC1CC2CCCN2C1. The molecule has 5 heterocycles. The summed E-state index contributed by atoms with van der Waals surface area (Å²) in [5.74, 6) is -2.60. The van der Waals surface area contributed by atoms with Crippen molar-refractivity contribution in [1.29, 1.82) is 5.41 Å². The molecule has 9 nitrogen and oxygen atoms in total. The van der Waals surface area contributed by atoms with Gasteiger partial charge in [0.2, 0.25) is 0 Å². The number of rotatable bonds is 6. The van der Waals surface area contributed by atoms with Crippen molar-refractivity contribution in [2.75, 3.05) is 43.9 Å². The fourth-order valence-corrected chi connectivity index (χ4v) is 7.29. The zero-order valence-corrected chi connectivity index (χ0v) is 26.1. The van der Waals surface area contributed by atoms with Gasteiger partial charge in [0.1, 0.15) is 29.1 Å². The first-order valence-electron chi connectivity index (χ1n) is 15.2. The van der Waals surface area contributed by atoms with Gasteiger partial charge >= 0.3 is 11.6 Å². The molecule has 4 fully saturated rings. The van der Waals surface area contributed by atoms with E-state index in [-0.39, 0.29) is 45.8 Å². The molecule has 7 rings (SSSR count). The third-order valence-corrected chi connectivity index (χ3v) is 9.23. The number of benzene rings is 2. The Kier molecular flexibility index (Phi) is 8.89. The topological polar surface area (TPSA) is 113 Å².